The average Bonchev–Trinajstić information content (AvgIpc) is 2.80. The van der Waals surface area contributed by atoms with Crippen LogP contribution in [0.4, 0.5) is 10.6 Å². The summed E-state index contributed by atoms with van der Waals surface area (Å²) in [4.78, 5) is 19.5. The molecule has 3 aromatic rings. The monoisotopic (exact) mass is 386 g/mol. The highest BCUT2D eigenvalue weighted by Gasteiger charge is 2.23. The Kier molecular flexibility index (Phi) is 6.05. The maximum atomic E-state index is 12.8. The molecule has 2 amide bonds. The van der Waals surface area contributed by atoms with Gasteiger partial charge in [0.15, 0.2) is 0 Å². The van der Waals surface area contributed by atoms with Crippen molar-refractivity contribution in [3.63, 3.8) is 0 Å². The summed E-state index contributed by atoms with van der Waals surface area (Å²) in [6.07, 6.45) is 3.64. The third kappa shape index (κ3) is 4.93. The number of hydrogen-bond donors (Lipinski definition) is 2. The number of piperidine rings is 1. The van der Waals surface area contributed by atoms with Crippen LogP contribution in [0.25, 0.3) is 0 Å². The molecule has 0 saturated carbocycles. The number of benzene rings is 2. The first-order chi connectivity index (χ1) is 14.3. The van der Waals surface area contributed by atoms with Gasteiger partial charge in [0.25, 0.3) is 0 Å². The zero-order chi connectivity index (χ0) is 19.9. The highest BCUT2D eigenvalue weighted by molar-refractivity contribution is 5.75. The number of rotatable bonds is 5. The average molecular weight is 386 g/mol. The van der Waals surface area contributed by atoms with E-state index in [0.29, 0.717) is 0 Å². The topological polar surface area (TPSA) is 57.3 Å². The van der Waals surface area contributed by atoms with Crippen molar-refractivity contribution in [2.45, 2.75) is 24.9 Å². The van der Waals surface area contributed by atoms with Gasteiger partial charge in [-0.15, -0.1) is 0 Å². The highest BCUT2D eigenvalue weighted by Crippen LogP contribution is 2.22. The summed E-state index contributed by atoms with van der Waals surface area (Å²) in [6.45, 7) is 1.78. The van der Waals surface area contributed by atoms with Gasteiger partial charge in [-0.25, -0.2) is 9.78 Å². The molecule has 1 saturated heterocycles. The summed E-state index contributed by atoms with van der Waals surface area (Å²) >= 11 is 0. The first kappa shape index (κ1) is 19.0. The van der Waals surface area contributed by atoms with Crippen LogP contribution in [-0.4, -0.2) is 30.1 Å². The predicted molar refractivity (Wildman–Crippen MR) is 116 cm³/mol. The fourth-order valence-corrected chi connectivity index (χ4v) is 3.80. The van der Waals surface area contributed by atoms with E-state index in [1.807, 2.05) is 85.1 Å². The minimum absolute atomic E-state index is 0.126. The Balaban J connectivity index is 1.37. The van der Waals surface area contributed by atoms with Crippen LogP contribution in [0.3, 0.4) is 0 Å². The molecule has 0 unspecified atom stereocenters. The smallest absolute Gasteiger partial charge is 0.315 e. The Labute approximate surface area is 171 Å². The fraction of sp³-hybridized carbons (Fsp3) is 0.250. The van der Waals surface area contributed by atoms with Crippen molar-refractivity contribution < 1.29 is 4.79 Å². The summed E-state index contributed by atoms with van der Waals surface area (Å²) in [7, 11) is 0. The molecule has 1 aromatic heterocycles. The first-order valence-corrected chi connectivity index (χ1v) is 10.1. The predicted octanol–water partition coefficient (Wildman–Crippen LogP) is 4.14. The van der Waals surface area contributed by atoms with E-state index in [2.05, 4.69) is 20.5 Å². The zero-order valence-electron chi connectivity index (χ0n) is 16.4. The van der Waals surface area contributed by atoms with Crippen molar-refractivity contribution >= 4 is 11.8 Å². The Morgan fingerprint density at radius 2 is 1.45 bits per heavy atom. The number of carbonyl (C=O) groups excluding carboxylic acids is 1. The number of carbonyl (C=O) groups is 1. The summed E-state index contributed by atoms with van der Waals surface area (Å²) in [5, 5.41) is 6.33. The third-order valence-corrected chi connectivity index (χ3v) is 5.34. The summed E-state index contributed by atoms with van der Waals surface area (Å²) in [6, 6.07) is 26.0. The van der Waals surface area contributed by atoms with Crippen LogP contribution in [-0.2, 0) is 0 Å². The highest BCUT2D eigenvalue weighted by atomic mass is 16.2. The van der Waals surface area contributed by atoms with Crippen molar-refractivity contribution in [1.29, 1.82) is 0 Å². The van der Waals surface area contributed by atoms with Gasteiger partial charge in [0.2, 0.25) is 0 Å². The molecule has 2 N–H and O–H groups in total. The summed E-state index contributed by atoms with van der Waals surface area (Å²) in [5.74, 6) is 1.00. The molecule has 0 radical (unpaired) electrons. The molecule has 0 atom stereocenters. The molecule has 1 aliphatic heterocycles. The fourth-order valence-electron chi connectivity index (χ4n) is 3.80. The molecule has 29 heavy (non-hydrogen) atoms. The molecule has 0 spiro atoms. The maximum absolute atomic E-state index is 12.8. The van der Waals surface area contributed by atoms with E-state index in [1.165, 1.54) is 0 Å². The Morgan fingerprint density at radius 1 is 0.862 bits per heavy atom. The number of nitrogens with one attached hydrogen (secondary N) is 2. The minimum Gasteiger partial charge on any atom is -0.356 e. The molecule has 1 fully saturated rings. The van der Waals surface area contributed by atoms with Crippen molar-refractivity contribution in [2.75, 3.05) is 18.0 Å². The summed E-state index contributed by atoms with van der Waals surface area (Å²) < 4.78 is 0. The lowest BCUT2D eigenvalue weighted by Crippen LogP contribution is -2.48. The maximum Gasteiger partial charge on any atom is 0.315 e. The molecule has 0 bridgehead atoms. The van der Waals surface area contributed by atoms with Gasteiger partial charge >= 0.3 is 6.03 Å². The largest absolute Gasteiger partial charge is 0.356 e. The molecule has 5 heteroatoms. The van der Waals surface area contributed by atoms with Crippen LogP contribution in [0.2, 0.25) is 0 Å². The number of anilines is 1. The van der Waals surface area contributed by atoms with Gasteiger partial charge < -0.3 is 15.5 Å². The third-order valence-electron chi connectivity index (χ3n) is 5.34. The zero-order valence-corrected chi connectivity index (χ0v) is 16.4. The molecule has 1 aliphatic rings. The van der Waals surface area contributed by atoms with Crippen LogP contribution in [0, 0.1) is 0 Å². The van der Waals surface area contributed by atoms with Gasteiger partial charge in [0.1, 0.15) is 5.82 Å². The van der Waals surface area contributed by atoms with Crippen LogP contribution in [0.1, 0.15) is 30.0 Å². The molecular weight excluding hydrogens is 360 g/mol. The number of aromatic nitrogens is 1. The minimum atomic E-state index is -0.175. The second-order valence-electron chi connectivity index (χ2n) is 7.32. The van der Waals surface area contributed by atoms with E-state index in [9.17, 15) is 4.79 Å². The van der Waals surface area contributed by atoms with Crippen molar-refractivity contribution in [2.24, 2.45) is 0 Å². The second-order valence-corrected chi connectivity index (χ2v) is 7.32. The molecule has 2 aromatic carbocycles. The Morgan fingerprint density at radius 3 is 2.00 bits per heavy atom. The van der Waals surface area contributed by atoms with E-state index in [-0.39, 0.29) is 18.1 Å². The van der Waals surface area contributed by atoms with Crippen molar-refractivity contribution in [3.05, 3.63) is 96.2 Å². The van der Waals surface area contributed by atoms with Gasteiger partial charge in [0.05, 0.1) is 6.04 Å². The van der Waals surface area contributed by atoms with Crippen LogP contribution in [0.15, 0.2) is 85.1 Å². The lowest BCUT2D eigenvalue weighted by Gasteiger charge is -2.33. The van der Waals surface area contributed by atoms with E-state index in [1.54, 1.807) is 0 Å². The van der Waals surface area contributed by atoms with E-state index >= 15 is 0 Å². The Bertz CT molecular complexity index is 854. The lowest BCUT2D eigenvalue weighted by molar-refractivity contribution is 0.232. The molecule has 148 valence electrons. The standard InChI is InChI=1S/C24H26N4O/c29-24(26-21-14-17-28(18-15-21)22-13-7-8-16-25-22)27-23(19-9-3-1-4-10-19)20-11-5-2-6-12-20/h1-13,16,21,23H,14-15,17-18H2,(H2,26,27,29). The van der Waals surface area contributed by atoms with Crippen LogP contribution in [0.5, 0.6) is 0 Å². The van der Waals surface area contributed by atoms with Gasteiger partial charge in [-0.3, -0.25) is 0 Å². The molecule has 4 rings (SSSR count). The Hall–Kier alpha value is -3.34. The van der Waals surface area contributed by atoms with Gasteiger partial charge in [-0.1, -0.05) is 66.7 Å². The normalized spacial score (nSPS) is 14.6. The quantitative estimate of drug-likeness (QED) is 0.693. The summed E-state index contributed by atoms with van der Waals surface area (Å²) in [5.41, 5.74) is 2.14. The van der Waals surface area contributed by atoms with Crippen molar-refractivity contribution in [1.82, 2.24) is 15.6 Å². The number of urea groups is 1. The molecular formula is C24H26N4O. The van der Waals surface area contributed by atoms with Crippen molar-refractivity contribution in [3.8, 4) is 0 Å². The number of amides is 2. The van der Waals surface area contributed by atoms with Gasteiger partial charge in [0, 0.05) is 25.3 Å². The van der Waals surface area contributed by atoms with Gasteiger partial charge in [-0.2, -0.15) is 0 Å². The van der Waals surface area contributed by atoms with Crippen LogP contribution >= 0.6 is 0 Å². The number of hydrogen-bond acceptors (Lipinski definition) is 3. The lowest BCUT2D eigenvalue weighted by atomic mass is 9.99. The number of nitrogens with zero attached hydrogens (tertiary/aromatic N) is 2. The van der Waals surface area contributed by atoms with E-state index in [0.717, 1.165) is 42.9 Å². The van der Waals surface area contributed by atoms with E-state index < -0.39 is 0 Å². The number of pyridine rings is 1. The first-order valence-electron chi connectivity index (χ1n) is 10.1. The SMILES string of the molecule is O=C(NC1CCN(c2ccccn2)CC1)NC(c1ccccc1)c1ccccc1. The van der Waals surface area contributed by atoms with Crippen LogP contribution < -0.4 is 15.5 Å². The molecule has 2 heterocycles. The molecule has 5 nitrogen and oxygen atoms in total. The second kappa shape index (κ2) is 9.24. The molecule has 0 aliphatic carbocycles. The van der Waals surface area contributed by atoms with Gasteiger partial charge in [-0.05, 0) is 36.1 Å². The van der Waals surface area contributed by atoms with E-state index in [4.69, 9.17) is 0 Å².